The Morgan fingerprint density at radius 2 is 0.609 bits per heavy atom. The molecule has 5 unspecified atom stereocenters. The second kappa shape index (κ2) is 62.7. The molecule has 0 bridgehead atoms. The smallest absolute Gasteiger partial charge is 0.463 e. The number of hydrogen-bond donors (Lipinski definition) is 4. The molecule has 0 amide bonds. The number of aliphatic hydroxyl groups is 2. The van der Waals surface area contributed by atoms with E-state index in [1.165, 1.54) is 51.4 Å². The number of carbonyl (C=O) groups excluding carboxylic acids is 3. The van der Waals surface area contributed by atoms with Gasteiger partial charge in [-0.05, 0) is 122 Å². The van der Waals surface area contributed by atoms with Gasteiger partial charge < -0.3 is 34.2 Å². The molecule has 0 saturated heterocycles. The maximum absolute atomic E-state index is 12.9. The Labute approximate surface area is 527 Å². The van der Waals surface area contributed by atoms with Crippen molar-refractivity contribution in [3.63, 3.8) is 0 Å². The van der Waals surface area contributed by atoms with E-state index in [1.54, 1.807) is 0 Å². The molecule has 0 aliphatic carbocycles. The van der Waals surface area contributed by atoms with Crippen LogP contribution in [0.4, 0.5) is 0 Å². The number of rotatable bonds is 63. The van der Waals surface area contributed by atoms with Crippen LogP contribution in [0.25, 0.3) is 0 Å². The number of hydrogen-bond acceptors (Lipinski definition) is 14. The molecule has 16 nitrogen and oxygen atoms in total. The van der Waals surface area contributed by atoms with Crippen LogP contribution < -0.4 is 0 Å². The second-order valence-electron chi connectivity index (χ2n) is 22.2. The maximum Gasteiger partial charge on any atom is 0.472 e. The van der Waals surface area contributed by atoms with Crippen molar-refractivity contribution in [2.24, 2.45) is 0 Å². The fourth-order valence-corrected chi connectivity index (χ4v) is 10.2. The van der Waals surface area contributed by atoms with Crippen molar-refractivity contribution in [3.05, 3.63) is 97.2 Å². The molecule has 0 saturated carbocycles. The van der Waals surface area contributed by atoms with Gasteiger partial charge in [-0.1, -0.05) is 221 Å². The Morgan fingerprint density at radius 1 is 0.333 bits per heavy atom. The van der Waals surface area contributed by atoms with Crippen LogP contribution in [-0.2, 0) is 55.8 Å². The zero-order valence-electron chi connectivity index (χ0n) is 54.2. The summed E-state index contributed by atoms with van der Waals surface area (Å²) < 4.78 is 60.7. The van der Waals surface area contributed by atoms with Crippen LogP contribution in [0, 0.1) is 0 Å². The van der Waals surface area contributed by atoms with Crippen molar-refractivity contribution in [2.75, 3.05) is 39.6 Å². The number of unbranched alkanes of at least 4 members (excludes halogenated alkanes) is 24. The third-order valence-corrected chi connectivity index (χ3v) is 15.7. The number of aliphatic hydroxyl groups excluding tert-OH is 2. The minimum atomic E-state index is -4.92. The monoisotopic (exact) mass is 1270 g/mol. The first-order valence-corrected chi connectivity index (χ1v) is 36.5. The summed E-state index contributed by atoms with van der Waals surface area (Å²) in [5.41, 5.74) is 0. The van der Waals surface area contributed by atoms with E-state index < -0.39 is 91.5 Å². The Hall–Kier alpha value is -3.53. The first kappa shape index (κ1) is 83.5. The van der Waals surface area contributed by atoms with Gasteiger partial charge >= 0.3 is 33.6 Å². The standard InChI is InChI=1S/C69H120O16P2/c1-4-7-10-13-16-19-22-25-26-27-28-29-30-31-32-33-34-35-36-39-41-43-46-49-52-55-67(72)79-58-64(70)59-81-86(75,76)82-60-65(71)61-83-87(77,78)84-63-66(85-69(74)57-54-51-48-45-42-38-24-21-18-15-12-9-6-3)62-80-68(73)56-53-50-47-44-40-37-23-20-17-14-11-8-5-2/h7,10,16,19-21,23-26,28-29,31-32,34-35,64-66,70-71H,4-6,8-9,11-15,17-18,22,27,30,33,36-63H2,1-3H3,(H,75,76)(H,77,78)/b10-7-,19-16-,23-20-,24-21-,26-25-,29-28-,32-31-,35-34-. The normalized spacial score (nSPS) is 14.9. The molecule has 0 aromatic rings. The first-order chi connectivity index (χ1) is 42.2. The molecule has 0 spiro atoms. The summed E-state index contributed by atoms with van der Waals surface area (Å²) in [5.74, 6) is -1.61. The fourth-order valence-electron chi connectivity index (χ4n) is 8.62. The van der Waals surface area contributed by atoms with Crippen LogP contribution in [-0.4, -0.2) is 95.9 Å². The lowest BCUT2D eigenvalue weighted by Gasteiger charge is -2.21. The number of phosphoric ester groups is 2. The molecule has 0 aromatic heterocycles. The van der Waals surface area contributed by atoms with Gasteiger partial charge in [0, 0.05) is 19.3 Å². The summed E-state index contributed by atoms with van der Waals surface area (Å²) in [6, 6.07) is 0. The van der Waals surface area contributed by atoms with Crippen LogP contribution in [0.2, 0.25) is 0 Å². The van der Waals surface area contributed by atoms with E-state index in [9.17, 15) is 43.5 Å². The molecule has 87 heavy (non-hydrogen) atoms. The first-order valence-electron chi connectivity index (χ1n) is 33.5. The van der Waals surface area contributed by atoms with Gasteiger partial charge in [0.1, 0.15) is 25.4 Å². The van der Waals surface area contributed by atoms with Crippen molar-refractivity contribution in [1.82, 2.24) is 0 Å². The molecule has 0 aliphatic rings. The van der Waals surface area contributed by atoms with E-state index in [1.807, 2.05) is 0 Å². The average molecular weight is 1270 g/mol. The second-order valence-corrected chi connectivity index (χ2v) is 25.1. The third-order valence-electron chi connectivity index (χ3n) is 13.8. The number of carbonyl (C=O) groups is 3. The van der Waals surface area contributed by atoms with Crippen molar-refractivity contribution in [3.8, 4) is 0 Å². The number of phosphoric acid groups is 2. The van der Waals surface area contributed by atoms with Crippen LogP contribution in [0.15, 0.2) is 97.2 Å². The molecule has 0 radical (unpaired) electrons. The largest absolute Gasteiger partial charge is 0.472 e. The minimum Gasteiger partial charge on any atom is -0.463 e. The molecule has 0 aromatic carbocycles. The van der Waals surface area contributed by atoms with Gasteiger partial charge in [0.2, 0.25) is 0 Å². The van der Waals surface area contributed by atoms with E-state index >= 15 is 0 Å². The Bertz CT molecular complexity index is 1980. The summed E-state index contributed by atoms with van der Waals surface area (Å²) in [6.07, 6.45) is 67.5. The van der Waals surface area contributed by atoms with Crippen molar-refractivity contribution < 1.29 is 75.8 Å². The number of ether oxygens (including phenoxy) is 3. The van der Waals surface area contributed by atoms with Crippen LogP contribution >= 0.6 is 15.6 Å². The molecule has 18 heteroatoms. The number of allylic oxidation sites excluding steroid dienone is 16. The van der Waals surface area contributed by atoms with Crippen molar-refractivity contribution in [2.45, 2.75) is 283 Å². The van der Waals surface area contributed by atoms with Crippen LogP contribution in [0.3, 0.4) is 0 Å². The Morgan fingerprint density at radius 3 is 0.977 bits per heavy atom. The molecule has 0 aliphatic heterocycles. The summed E-state index contributed by atoms with van der Waals surface area (Å²) in [7, 11) is -9.77. The van der Waals surface area contributed by atoms with Gasteiger partial charge in [-0.25, -0.2) is 9.13 Å². The molecular weight excluding hydrogens is 1150 g/mol. The van der Waals surface area contributed by atoms with Gasteiger partial charge in [-0.2, -0.15) is 0 Å². The van der Waals surface area contributed by atoms with E-state index in [0.29, 0.717) is 19.3 Å². The van der Waals surface area contributed by atoms with Gasteiger partial charge in [0.15, 0.2) is 6.10 Å². The maximum atomic E-state index is 12.9. The van der Waals surface area contributed by atoms with Gasteiger partial charge in [-0.3, -0.25) is 32.5 Å². The zero-order valence-corrected chi connectivity index (χ0v) is 56.0. The van der Waals surface area contributed by atoms with Crippen LogP contribution in [0.5, 0.6) is 0 Å². The predicted octanol–water partition coefficient (Wildman–Crippen LogP) is 18.3. The Kier molecular flexibility index (Phi) is 60.1. The summed E-state index contributed by atoms with van der Waals surface area (Å²) in [5, 5.41) is 20.5. The van der Waals surface area contributed by atoms with E-state index in [-0.39, 0.29) is 19.3 Å². The third kappa shape index (κ3) is 63.8. The predicted molar refractivity (Wildman–Crippen MR) is 353 cm³/mol. The molecule has 4 N–H and O–H groups in total. The quantitative estimate of drug-likeness (QED) is 0.0146. The molecule has 502 valence electrons. The lowest BCUT2D eigenvalue weighted by Crippen LogP contribution is -2.30. The average Bonchev–Trinajstić information content (AvgIpc) is 3.69. The zero-order chi connectivity index (χ0) is 63.8. The molecule has 0 fully saturated rings. The van der Waals surface area contributed by atoms with Crippen LogP contribution in [0.1, 0.15) is 265 Å². The van der Waals surface area contributed by atoms with Crippen molar-refractivity contribution in [1.29, 1.82) is 0 Å². The fraction of sp³-hybridized carbons (Fsp3) is 0.725. The Balaban J connectivity index is 4.55. The summed E-state index contributed by atoms with van der Waals surface area (Å²) >= 11 is 0. The van der Waals surface area contributed by atoms with E-state index in [0.717, 1.165) is 154 Å². The molecule has 0 heterocycles. The lowest BCUT2D eigenvalue weighted by atomic mass is 10.1. The highest BCUT2D eigenvalue weighted by molar-refractivity contribution is 7.47. The lowest BCUT2D eigenvalue weighted by molar-refractivity contribution is -0.161. The SMILES string of the molecule is CC/C=C\C/C=C\C/C=C\C/C=C\C/C=C\C/C=C\CCCCCCCCC(=O)OCC(O)COP(=O)(O)OCC(O)COP(=O)(O)OCC(COC(=O)CCCCCCC/C=C\CCCCCC)OC(=O)CCCCCCC/C=C\CCCCCC. The van der Waals surface area contributed by atoms with Gasteiger partial charge in [-0.15, -0.1) is 0 Å². The minimum absolute atomic E-state index is 0.0932. The molecule has 5 atom stereocenters. The molecular formula is C69H120O16P2. The highest BCUT2D eigenvalue weighted by Crippen LogP contribution is 2.45. The van der Waals surface area contributed by atoms with Crippen molar-refractivity contribution >= 4 is 33.6 Å². The molecule has 0 rings (SSSR count). The number of esters is 3. The highest BCUT2D eigenvalue weighted by atomic mass is 31.2. The van der Waals surface area contributed by atoms with E-state index in [2.05, 4.69) is 118 Å². The summed E-state index contributed by atoms with van der Waals surface area (Å²) in [6.45, 7) is 2.48. The summed E-state index contributed by atoms with van der Waals surface area (Å²) in [4.78, 5) is 58.2. The van der Waals surface area contributed by atoms with E-state index in [4.69, 9.17) is 32.3 Å². The van der Waals surface area contributed by atoms with Gasteiger partial charge in [0.05, 0.1) is 26.4 Å². The van der Waals surface area contributed by atoms with Gasteiger partial charge in [0.25, 0.3) is 0 Å². The topological polar surface area (TPSA) is 231 Å². The highest BCUT2D eigenvalue weighted by Gasteiger charge is 2.29.